The van der Waals surface area contributed by atoms with E-state index >= 15 is 0 Å². The molecule has 0 fully saturated rings. The van der Waals surface area contributed by atoms with Crippen molar-refractivity contribution in [2.75, 3.05) is 20.1 Å². The summed E-state index contributed by atoms with van der Waals surface area (Å²) in [7, 11) is -2.90. The SMILES string of the molecule is CCCN(C(=O)[C@@H](Cc1ccccc1)NC)[C@H](C=O)CCCN=C(N)N.O=S(=O)(O)O. The maximum absolute atomic E-state index is 13.0. The number of carbonyl (C=O) groups is 2. The molecule has 7 N–H and O–H groups in total. The number of hydrogen-bond donors (Lipinski definition) is 5. The van der Waals surface area contributed by atoms with Crippen molar-refractivity contribution in [3.63, 3.8) is 0 Å². The van der Waals surface area contributed by atoms with Crippen molar-refractivity contribution in [3.8, 4) is 0 Å². The first-order chi connectivity index (χ1) is 14.5. The molecule has 31 heavy (non-hydrogen) atoms. The fraction of sp³-hybridized carbons (Fsp3) is 0.526. The maximum Gasteiger partial charge on any atom is 0.394 e. The van der Waals surface area contributed by atoms with Crippen molar-refractivity contribution < 1.29 is 27.1 Å². The number of amides is 1. The molecular formula is C19H33N5O6S. The Morgan fingerprint density at radius 1 is 1.26 bits per heavy atom. The zero-order valence-electron chi connectivity index (χ0n) is 17.8. The highest BCUT2D eigenvalue weighted by Gasteiger charge is 2.28. The molecule has 11 nitrogen and oxygen atoms in total. The monoisotopic (exact) mass is 459 g/mol. The number of hydrogen-bond acceptors (Lipinski definition) is 6. The molecule has 1 aromatic carbocycles. The average molecular weight is 460 g/mol. The minimum atomic E-state index is -4.67. The van der Waals surface area contributed by atoms with Crippen LogP contribution in [0.3, 0.4) is 0 Å². The van der Waals surface area contributed by atoms with E-state index in [0.717, 1.165) is 18.3 Å². The molecule has 2 atom stereocenters. The van der Waals surface area contributed by atoms with E-state index in [2.05, 4.69) is 10.3 Å². The molecule has 0 radical (unpaired) electrons. The van der Waals surface area contributed by atoms with Crippen molar-refractivity contribution in [1.82, 2.24) is 10.2 Å². The minimum absolute atomic E-state index is 0.0345. The predicted molar refractivity (Wildman–Crippen MR) is 119 cm³/mol. The third kappa shape index (κ3) is 14.2. The van der Waals surface area contributed by atoms with Gasteiger partial charge in [0.1, 0.15) is 6.29 Å². The van der Waals surface area contributed by atoms with Crippen LogP contribution in [0.4, 0.5) is 0 Å². The molecule has 1 aromatic rings. The molecule has 0 spiro atoms. The number of nitrogens with one attached hydrogen (secondary N) is 1. The van der Waals surface area contributed by atoms with Gasteiger partial charge in [-0.3, -0.25) is 18.9 Å². The Hall–Kier alpha value is -2.54. The summed E-state index contributed by atoms with van der Waals surface area (Å²) in [5, 5.41) is 3.09. The number of nitrogens with zero attached hydrogens (tertiary/aromatic N) is 2. The molecule has 0 saturated heterocycles. The fourth-order valence-electron chi connectivity index (χ4n) is 2.85. The Labute approximate surface area is 183 Å². The third-order valence-corrected chi connectivity index (χ3v) is 4.19. The van der Waals surface area contributed by atoms with Gasteiger partial charge in [0.2, 0.25) is 5.91 Å². The quantitative estimate of drug-likeness (QED) is 0.0943. The number of guanidine groups is 1. The second-order valence-corrected chi connectivity index (χ2v) is 7.56. The summed E-state index contributed by atoms with van der Waals surface area (Å²) in [4.78, 5) is 30.3. The molecule has 0 aliphatic rings. The summed E-state index contributed by atoms with van der Waals surface area (Å²) in [6.45, 7) is 2.98. The van der Waals surface area contributed by atoms with Gasteiger partial charge in [-0.1, -0.05) is 37.3 Å². The van der Waals surface area contributed by atoms with Crippen LogP contribution in [0.25, 0.3) is 0 Å². The molecule has 1 amide bonds. The van der Waals surface area contributed by atoms with Crippen molar-refractivity contribution >= 4 is 28.6 Å². The lowest BCUT2D eigenvalue weighted by Crippen LogP contribution is -2.51. The normalized spacial score (nSPS) is 12.6. The first-order valence-electron chi connectivity index (χ1n) is 9.75. The van der Waals surface area contributed by atoms with Crippen molar-refractivity contribution in [2.24, 2.45) is 16.5 Å². The van der Waals surface area contributed by atoms with Gasteiger partial charge >= 0.3 is 10.4 Å². The summed E-state index contributed by atoms with van der Waals surface area (Å²) in [5.74, 6) is -0.0237. The number of aldehydes is 1. The van der Waals surface area contributed by atoms with Crippen LogP contribution in [-0.2, 0) is 26.4 Å². The maximum atomic E-state index is 13.0. The number of rotatable bonds is 12. The average Bonchev–Trinajstić information content (AvgIpc) is 2.69. The zero-order valence-corrected chi connectivity index (χ0v) is 18.7. The summed E-state index contributed by atoms with van der Waals surface area (Å²) in [5.41, 5.74) is 11.7. The second-order valence-electron chi connectivity index (χ2n) is 6.66. The highest BCUT2D eigenvalue weighted by molar-refractivity contribution is 7.79. The molecule has 0 aliphatic heterocycles. The van der Waals surface area contributed by atoms with E-state index in [-0.39, 0.29) is 17.9 Å². The Morgan fingerprint density at radius 3 is 2.29 bits per heavy atom. The Bertz CT molecular complexity index is 776. The van der Waals surface area contributed by atoms with E-state index in [9.17, 15) is 9.59 Å². The largest absolute Gasteiger partial charge is 0.394 e. The molecule has 0 unspecified atom stereocenters. The van der Waals surface area contributed by atoms with E-state index in [1.165, 1.54) is 0 Å². The number of likely N-dealkylation sites (N-methyl/N-ethyl adjacent to an activating group) is 1. The molecule has 1 rings (SSSR count). The lowest BCUT2D eigenvalue weighted by Gasteiger charge is -2.31. The van der Waals surface area contributed by atoms with Gasteiger partial charge in [-0.15, -0.1) is 0 Å². The number of carbonyl (C=O) groups excluding carboxylic acids is 2. The molecule has 0 heterocycles. The van der Waals surface area contributed by atoms with Gasteiger partial charge in [-0.25, -0.2) is 0 Å². The van der Waals surface area contributed by atoms with Crippen LogP contribution in [0.1, 0.15) is 31.7 Å². The Balaban J connectivity index is 0.00000161. The van der Waals surface area contributed by atoms with Crippen LogP contribution in [0.15, 0.2) is 35.3 Å². The highest BCUT2D eigenvalue weighted by Crippen LogP contribution is 2.12. The number of nitrogens with two attached hydrogens (primary N) is 2. The van der Waals surface area contributed by atoms with Crippen LogP contribution >= 0.6 is 0 Å². The van der Waals surface area contributed by atoms with Gasteiger partial charge in [-0.2, -0.15) is 8.42 Å². The van der Waals surface area contributed by atoms with Crippen molar-refractivity contribution in [1.29, 1.82) is 0 Å². The van der Waals surface area contributed by atoms with Gasteiger partial charge in [0.25, 0.3) is 0 Å². The third-order valence-electron chi connectivity index (χ3n) is 4.19. The zero-order chi connectivity index (χ0) is 23.9. The van der Waals surface area contributed by atoms with Gasteiger partial charge in [0.15, 0.2) is 5.96 Å². The molecule has 12 heteroatoms. The molecular weight excluding hydrogens is 426 g/mol. The van der Waals surface area contributed by atoms with Gasteiger partial charge in [0, 0.05) is 13.1 Å². The standard InChI is InChI=1S/C19H31N5O2.H2O4S/c1-3-12-24(16(14-25)10-7-11-23-19(20)21)18(26)17(22-2)13-15-8-5-4-6-9-15;1-5(2,3)4/h4-6,8-9,14,16-17,22H,3,7,10-13H2,1-2H3,(H4,20,21,23);(H2,1,2,3,4)/t16-,17+;/m0./s1. The summed E-state index contributed by atoms with van der Waals surface area (Å²) in [6.07, 6.45) is 3.38. The number of benzene rings is 1. The smallest absolute Gasteiger partial charge is 0.370 e. The topological polar surface area (TPSA) is 188 Å². The lowest BCUT2D eigenvalue weighted by atomic mass is 10.0. The first-order valence-corrected chi connectivity index (χ1v) is 11.1. The number of aliphatic imine (C=N–C) groups is 1. The highest BCUT2D eigenvalue weighted by atomic mass is 32.3. The van der Waals surface area contributed by atoms with Crippen molar-refractivity contribution in [3.05, 3.63) is 35.9 Å². The first kappa shape index (κ1) is 28.5. The summed E-state index contributed by atoms with van der Waals surface area (Å²) >= 11 is 0. The summed E-state index contributed by atoms with van der Waals surface area (Å²) in [6, 6.07) is 9.00. The molecule has 0 aliphatic carbocycles. The Kier molecular flexibility index (Phi) is 14.0. The Morgan fingerprint density at radius 2 is 1.84 bits per heavy atom. The van der Waals surface area contributed by atoms with E-state index in [4.69, 9.17) is 29.0 Å². The minimum Gasteiger partial charge on any atom is -0.370 e. The lowest BCUT2D eigenvalue weighted by molar-refractivity contribution is -0.138. The predicted octanol–water partition coefficient (Wildman–Crippen LogP) is 0.0240. The van der Waals surface area contributed by atoms with E-state index in [1.54, 1.807) is 11.9 Å². The van der Waals surface area contributed by atoms with Crippen LogP contribution in [0.2, 0.25) is 0 Å². The van der Waals surface area contributed by atoms with E-state index < -0.39 is 16.4 Å². The molecule has 0 bridgehead atoms. The van der Waals surface area contributed by atoms with Crippen LogP contribution in [-0.4, -0.2) is 72.8 Å². The van der Waals surface area contributed by atoms with Gasteiger partial charge < -0.3 is 26.5 Å². The molecule has 176 valence electrons. The van der Waals surface area contributed by atoms with Crippen molar-refractivity contribution in [2.45, 2.75) is 44.7 Å². The van der Waals surface area contributed by atoms with Crippen LogP contribution in [0, 0.1) is 0 Å². The molecule has 0 aromatic heterocycles. The van der Waals surface area contributed by atoms with Gasteiger partial charge in [-0.05, 0) is 38.3 Å². The molecule has 0 saturated carbocycles. The van der Waals surface area contributed by atoms with E-state index in [0.29, 0.717) is 32.4 Å². The second kappa shape index (κ2) is 15.3. The van der Waals surface area contributed by atoms with E-state index in [1.807, 2.05) is 37.3 Å². The van der Waals surface area contributed by atoms with Crippen LogP contribution < -0.4 is 16.8 Å². The van der Waals surface area contributed by atoms with Crippen LogP contribution in [0.5, 0.6) is 0 Å². The van der Waals surface area contributed by atoms with Gasteiger partial charge in [0.05, 0.1) is 12.1 Å². The summed E-state index contributed by atoms with van der Waals surface area (Å²) < 4.78 is 31.6. The fourth-order valence-corrected chi connectivity index (χ4v) is 2.85.